The first-order valence-electron chi connectivity index (χ1n) is 8.26. The predicted molar refractivity (Wildman–Crippen MR) is 88.4 cm³/mol. The third-order valence-electron chi connectivity index (χ3n) is 4.38. The summed E-state index contributed by atoms with van der Waals surface area (Å²) in [5.74, 6) is 0.744. The van der Waals surface area contributed by atoms with E-state index in [2.05, 4.69) is 55.3 Å². The van der Waals surface area contributed by atoms with Crippen molar-refractivity contribution in [2.45, 2.75) is 52.5 Å². The summed E-state index contributed by atoms with van der Waals surface area (Å²) >= 11 is 0. The van der Waals surface area contributed by atoms with Crippen LogP contribution >= 0.6 is 0 Å². The van der Waals surface area contributed by atoms with E-state index < -0.39 is 0 Å². The maximum Gasteiger partial charge on any atom is 0.0372 e. The van der Waals surface area contributed by atoms with Gasteiger partial charge in [-0.2, -0.15) is 0 Å². The zero-order valence-corrected chi connectivity index (χ0v) is 13.4. The highest BCUT2D eigenvalue weighted by Crippen LogP contribution is 2.25. The molecule has 0 aliphatic carbocycles. The Labute approximate surface area is 124 Å². The average Bonchev–Trinajstić information content (AvgIpc) is 2.46. The first-order valence-corrected chi connectivity index (χ1v) is 8.26. The number of fused-ring (bicyclic) bond motifs is 1. The summed E-state index contributed by atoms with van der Waals surface area (Å²) in [4.78, 5) is 2.66. The zero-order chi connectivity index (χ0) is 14.4. The summed E-state index contributed by atoms with van der Waals surface area (Å²) in [6.07, 6.45) is 5.23. The molecule has 20 heavy (non-hydrogen) atoms. The third kappa shape index (κ3) is 4.24. The lowest BCUT2D eigenvalue weighted by Crippen LogP contribution is -2.40. The lowest BCUT2D eigenvalue weighted by molar-refractivity contribution is 0.185. The van der Waals surface area contributed by atoms with Gasteiger partial charge in [-0.05, 0) is 50.8 Å². The second-order valence-electron chi connectivity index (χ2n) is 6.40. The van der Waals surface area contributed by atoms with Crippen LogP contribution in [-0.4, -0.2) is 30.6 Å². The molecule has 1 N–H and O–H groups in total. The molecule has 2 heteroatoms. The molecule has 0 radical (unpaired) electrons. The van der Waals surface area contributed by atoms with Crippen molar-refractivity contribution >= 4 is 5.69 Å². The van der Waals surface area contributed by atoms with Crippen molar-refractivity contribution in [3.8, 4) is 0 Å². The van der Waals surface area contributed by atoms with E-state index in [0.717, 1.165) is 12.5 Å². The van der Waals surface area contributed by atoms with Crippen LogP contribution in [0.4, 0.5) is 5.69 Å². The van der Waals surface area contributed by atoms with Crippen molar-refractivity contribution in [1.82, 2.24) is 4.90 Å². The molecule has 1 aliphatic heterocycles. The Hall–Kier alpha value is -1.02. The smallest absolute Gasteiger partial charge is 0.0372 e. The van der Waals surface area contributed by atoms with Gasteiger partial charge in [0.1, 0.15) is 0 Å². The van der Waals surface area contributed by atoms with E-state index in [1.54, 1.807) is 0 Å². The number of hydrogen-bond donors (Lipinski definition) is 1. The summed E-state index contributed by atoms with van der Waals surface area (Å²) < 4.78 is 0. The Morgan fingerprint density at radius 3 is 2.80 bits per heavy atom. The topological polar surface area (TPSA) is 15.3 Å². The Morgan fingerprint density at radius 1 is 1.25 bits per heavy atom. The van der Waals surface area contributed by atoms with Gasteiger partial charge in [-0.3, -0.25) is 0 Å². The molecule has 0 fully saturated rings. The average molecular weight is 274 g/mol. The molecule has 0 spiro atoms. The van der Waals surface area contributed by atoms with Gasteiger partial charge in [0, 0.05) is 24.8 Å². The quantitative estimate of drug-likeness (QED) is 0.751. The van der Waals surface area contributed by atoms with E-state index in [1.807, 2.05) is 0 Å². The van der Waals surface area contributed by atoms with Crippen molar-refractivity contribution in [3.05, 3.63) is 29.8 Å². The van der Waals surface area contributed by atoms with Crippen LogP contribution < -0.4 is 5.32 Å². The number of anilines is 1. The molecule has 1 aromatic carbocycles. The summed E-state index contributed by atoms with van der Waals surface area (Å²) in [6, 6.07) is 9.41. The van der Waals surface area contributed by atoms with Crippen molar-refractivity contribution in [2.75, 3.05) is 25.0 Å². The van der Waals surface area contributed by atoms with Crippen LogP contribution in [0.1, 0.15) is 45.6 Å². The molecule has 1 aromatic rings. The highest BCUT2D eigenvalue weighted by Gasteiger charge is 2.21. The number of rotatable bonds is 7. The monoisotopic (exact) mass is 274 g/mol. The Kier molecular flexibility index (Phi) is 5.90. The minimum absolute atomic E-state index is 0.657. The molecule has 112 valence electrons. The maximum absolute atomic E-state index is 3.60. The fourth-order valence-corrected chi connectivity index (χ4v) is 3.09. The van der Waals surface area contributed by atoms with Gasteiger partial charge in [-0.25, -0.2) is 0 Å². The van der Waals surface area contributed by atoms with Gasteiger partial charge in [0.2, 0.25) is 0 Å². The van der Waals surface area contributed by atoms with Gasteiger partial charge in [0.25, 0.3) is 0 Å². The molecular formula is C18H30N2. The molecule has 2 rings (SSSR count). The number of benzene rings is 1. The molecule has 1 atom stereocenters. The van der Waals surface area contributed by atoms with Crippen LogP contribution in [0.5, 0.6) is 0 Å². The molecule has 0 saturated heterocycles. The van der Waals surface area contributed by atoms with Crippen LogP contribution in [0.2, 0.25) is 0 Å². The summed E-state index contributed by atoms with van der Waals surface area (Å²) in [7, 11) is 0. The standard InChI is InChI=1S/C18H30N2/c1-4-5-8-11-20(15(2)3)14-16-12-17-9-6-7-10-18(17)19-13-16/h6-7,9-10,15-16,19H,4-5,8,11-14H2,1-3H3. The summed E-state index contributed by atoms with van der Waals surface area (Å²) in [6.45, 7) is 10.5. The second kappa shape index (κ2) is 7.68. The van der Waals surface area contributed by atoms with Crippen LogP contribution in [0.3, 0.4) is 0 Å². The number of hydrogen-bond acceptors (Lipinski definition) is 2. The third-order valence-corrected chi connectivity index (χ3v) is 4.38. The van der Waals surface area contributed by atoms with Gasteiger partial charge in [-0.1, -0.05) is 38.0 Å². The number of para-hydroxylation sites is 1. The highest BCUT2D eigenvalue weighted by molar-refractivity contribution is 5.53. The predicted octanol–water partition coefficient (Wildman–Crippen LogP) is 4.17. The van der Waals surface area contributed by atoms with Crippen LogP contribution in [-0.2, 0) is 6.42 Å². The molecule has 0 saturated carbocycles. The first-order chi connectivity index (χ1) is 9.70. The summed E-state index contributed by atoms with van der Waals surface area (Å²) in [5.41, 5.74) is 2.83. The molecule has 0 aromatic heterocycles. The van der Waals surface area contributed by atoms with Gasteiger partial charge in [-0.15, -0.1) is 0 Å². The molecule has 0 amide bonds. The van der Waals surface area contributed by atoms with Crippen molar-refractivity contribution in [1.29, 1.82) is 0 Å². The van der Waals surface area contributed by atoms with Crippen molar-refractivity contribution < 1.29 is 0 Å². The van der Waals surface area contributed by atoms with Gasteiger partial charge >= 0.3 is 0 Å². The Morgan fingerprint density at radius 2 is 2.05 bits per heavy atom. The molecule has 1 aliphatic rings. The lowest BCUT2D eigenvalue weighted by Gasteiger charge is -2.33. The second-order valence-corrected chi connectivity index (χ2v) is 6.40. The molecular weight excluding hydrogens is 244 g/mol. The SMILES string of the molecule is CCCCCN(CC1CNc2ccccc2C1)C(C)C. The van der Waals surface area contributed by atoms with E-state index >= 15 is 0 Å². The summed E-state index contributed by atoms with van der Waals surface area (Å²) in [5, 5.41) is 3.60. The fourth-order valence-electron chi connectivity index (χ4n) is 3.09. The zero-order valence-electron chi connectivity index (χ0n) is 13.4. The Bertz CT molecular complexity index is 400. The van der Waals surface area contributed by atoms with Gasteiger partial charge in [0.05, 0.1) is 0 Å². The lowest BCUT2D eigenvalue weighted by atomic mass is 9.93. The normalized spacial score (nSPS) is 18.1. The van der Waals surface area contributed by atoms with E-state index in [9.17, 15) is 0 Å². The van der Waals surface area contributed by atoms with E-state index in [0.29, 0.717) is 6.04 Å². The molecule has 1 unspecified atom stereocenters. The van der Waals surface area contributed by atoms with Crippen LogP contribution in [0.25, 0.3) is 0 Å². The van der Waals surface area contributed by atoms with Crippen LogP contribution in [0, 0.1) is 5.92 Å². The molecule has 0 bridgehead atoms. The molecule has 2 nitrogen and oxygen atoms in total. The van der Waals surface area contributed by atoms with Crippen LogP contribution in [0.15, 0.2) is 24.3 Å². The van der Waals surface area contributed by atoms with Gasteiger partial charge < -0.3 is 10.2 Å². The molecule has 1 heterocycles. The van der Waals surface area contributed by atoms with Crippen molar-refractivity contribution in [2.24, 2.45) is 5.92 Å². The van der Waals surface area contributed by atoms with E-state index in [1.165, 1.54) is 50.0 Å². The van der Waals surface area contributed by atoms with E-state index in [4.69, 9.17) is 0 Å². The first kappa shape index (κ1) is 15.4. The maximum atomic E-state index is 3.60. The minimum Gasteiger partial charge on any atom is -0.384 e. The number of unbranched alkanes of at least 4 members (excludes halogenated alkanes) is 2. The van der Waals surface area contributed by atoms with Crippen molar-refractivity contribution in [3.63, 3.8) is 0 Å². The highest BCUT2D eigenvalue weighted by atomic mass is 15.1. The minimum atomic E-state index is 0.657. The largest absolute Gasteiger partial charge is 0.384 e. The number of nitrogens with one attached hydrogen (secondary N) is 1. The fraction of sp³-hybridized carbons (Fsp3) is 0.667. The Balaban J connectivity index is 1.88. The van der Waals surface area contributed by atoms with E-state index in [-0.39, 0.29) is 0 Å². The van der Waals surface area contributed by atoms with Gasteiger partial charge in [0.15, 0.2) is 0 Å². The number of nitrogens with zero attached hydrogens (tertiary/aromatic N) is 1.